The molecular weight excluding hydrogens is 119 g/mol. The molecule has 1 unspecified atom stereocenters. The van der Waals surface area contributed by atoms with Crippen LogP contribution in [-0.2, 0) is 4.74 Å². The monoisotopic (exact) mass is 134 g/mol. The second-order valence-electron chi connectivity index (χ2n) is 3.29. The van der Waals surface area contributed by atoms with Crippen LogP contribution in [0.4, 0.5) is 4.39 Å². The van der Waals surface area contributed by atoms with Crippen LogP contribution in [0, 0.1) is 5.41 Å². The Morgan fingerprint density at radius 1 is 1.44 bits per heavy atom. The Hall–Kier alpha value is -0.110. The maximum absolute atomic E-state index is 12.8. The molecule has 1 atom stereocenters. The van der Waals surface area contributed by atoms with Crippen molar-refractivity contribution in [3.05, 3.63) is 0 Å². The molecule has 0 fully saturated rings. The zero-order valence-electron chi connectivity index (χ0n) is 6.57. The van der Waals surface area contributed by atoms with Gasteiger partial charge in [-0.25, -0.2) is 4.39 Å². The number of rotatable bonds is 2. The lowest BCUT2D eigenvalue weighted by Crippen LogP contribution is -2.25. The van der Waals surface area contributed by atoms with Crippen molar-refractivity contribution in [2.45, 2.75) is 26.9 Å². The minimum atomic E-state index is -0.859. The lowest BCUT2D eigenvalue weighted by atomic mass is 9.91. The van der Waals surface area contributed by atoms with Gasteiger partial charge in [0.05, 0.1) is 6.61 Å². The Morgan fingerprint density at radius 2 is 1.89 bits per heavy atom. The van der Waals surface area contributed by atoms with E-state index < -0.39 is 6.17 Å². The van der Waals surface area contributed by atoms with Gasteiger partial charge in [0.15, 0.2) is 0 Å². The summed E-state index contributed by atoms with van der Waals surface area (Å²) in [5.41, 5.74) is -0.282. The average molecular weight is 134 g/mol. The number of alkyl halides is 1. The molecule has 9 heavy (non-hydrogen) atoms. The molecule has 0 N–H and O–H groups in total. The van der Waals surface area contributed by atoms with Gasteiger partial charge in [-0.2, -0.15) is 0 Å². The first kappa shape index (κ1) is 8.89. The molecule has 0 saturated heterocycles. The molecule has 0 rings (SSSR count). The van der Waals surface area contributed by atoms with Crippen LogP contribution in [0.25, 0.3) is 0 Å². The van der Waals surface area contributed by atoms with Crippen molar-refractivity contribution in [1.82, 2.24) is 0 Å². The quantitative estimate of drug-likeness (QED) is 0.561. The van der Waals surface area contributed by atoms with Gasteiger partial charge in [0.25, 0.3) is 0 Å². The van der Waals surface area contributed by atoms with Gasteiger partial charge >= 0.3 is 0 Å². The van der Waals surface area contributed by atoms with Crippen molar-refractivity contribution in [3.8, 4) is 0 Å². The largest absolute Gasteiger partial charge is 0.382 e. The molecule has 0 aliphatic rings. The fourth-order valence-electron chi connectivity index (χ4n) is 0.396. The van der Waals surface area contributed by atoms with Crippen molar-refractivity contribution in [2.75, 3.05) is 13.7 Å². The molecule has 56 valence electrons. The first-order chi connectivity index (χ1) is 3.98. The second-order valence-corrected chi connectivity index (χ2v) is 3.29. The summed E-state index contributed by atoms with van der Waals surface area (Å²) in [5, 5.41) is 0. The van der Waals surface area contributed by atoms with Gasteiger partial charge in [0.2, 0.25) is 0 Å². The normalized spacial score (nSPS) is 15.7. The number of halogens is 1. The predicted octanol–water partition coefficient (Wildman–Crippen LogP) is 2.02. The SMILES string of the molecule is COCC(F)C(C)(C)C. The van der Waals surface area contributed by atoms with Crippen molar-refractivity contribution >= 4 is 0 Å². The zero-order valence-corrected chi connectivity index (χ0v) is 6.57. The van der Waals surface area contributed by atoms with Crippen LogP contribution in [-0.4, -0.2) is 19.9 Å². The van der Waals surface area contributed by atoms with E-state index in [1.165, 1.54) is 7.11 Å². The van der Waals surface area contributed by atoms with Gasteiger partial charge in [-0.3, -0.25) is 0 Å². The molecule has 0 aromatic rings. The summed E-state index contributed by atoms with van der Waals surface area (Å²) in [4.78, 5) is 0. The van der Waals surface area contributed by atoms with E-state index in [0.29, 0.717) is 0 Å². The van der Waals surface area contributed by atoms with Crippen LogP contribution >= 0.6 is 0 Å². The van der Waals surface area contributed by atoms with Crippen molar-refractivity contribution < 1.29 is 9.13 Å². The highest BCUT2D eigenvalue weighted by Crippen LogP contribution is 2.21. The number of hydrogen-bond donors (Lipinski definition) is 0. The molecule has 0 aliphatic heterocycles. The van der Waals surface area contributed by atoms with E-state index in [4.69, 9.17) is 0 Å². The summed E-state index contributed by atoms with van der Waals surface area (Å²) in [6, 6.07) is 0. The third-order valence-electron chi connectivity index (χ3n) is 1.25. The first-order valence-corrected chi connectivity index (χ1v) is 3.11. The van der Waals surface area contributed by atoms with Crippen LogP contribution in [0.1, 0.15) is 20.8 Å². The Balaban J connectivity index is 3.59. The van der Waals surface area contributed by atoms with E-state index in [9.17, 15) is 4.39 Å². The van der Waals surface area contributed by atoms with Crippen LogP contribution in [0.5, 0.6) is 0 Å². The van der Waals surface area contributed by atoms with E-state index in [1.54, 1.807) is 0 Å². The first-order valence-electron chi connectivity index (χ1n) is 3.11. The Morgan fingerprint density at radius 3 is 2.00 bits per heavy atom. The minimum absolute atomic E-state index is 0.198. The predicted molar refractivity (Wildman–Crippen MR) is 36.2 cm³/mol. The molecule has 0 amide bonds. The lowest BCUT2D eigenvalue weighted by Gasteiger charge is -2.22. The molecule has 0 aromatic heterocycles. The highest BCUT2D eigenvalue weighted by Gasteiger charge is 2.23. The lowest BCUT2D eigenvalue weighted by molar-refractivity contribution is 0.0580. The topological polar surface area (TPSA) is 9.23 Å². The van der Waals surface area contributed by atoms with E-state index in [2.05, 4.69) is 4.74 Å². The second kappa shape index (κ2) is 3.16. The molecule has 0 radical (unpaired) electrons. The summed E-state index contributed by atoms with van der Waals surface area (Å²) in [6.07, 6.45) is -0.859. The maximum atomic E-state index is 12.8. The molecule has 2 heteroatoms. The third-order valence-corrected chi connectivity index (χ3v) is 1.25. The van der Waals surface area contributed by atoms with Crippen LogP contribution in [0.2, 0.25) is 0 Å². The maximum Gasteiger partial charge on any atom is 0.128 e. The van der Waals surface area contributed by atoms with Crippen LogP contribution in [0.15, 0.2) is 0 Å². The van der Waals surface area contributed by atoms with Gasteiger partial charge in [-0.05, 0) is 5.41 Å². The fraction of sp³-hybridized carbons (Fsp3) is 1.00. The number of hydrogen-bond acceptors (Lipinski definition) is 1. The summed E-state index contributed by atoms with van der Waals surface area (Å²) in [6.45, 7) is 5.77. The summed E-state index contributed by atoms with van der Waals surface area (Å²) in [7, 11) is 1.51. The van der Waals surface area contributed by atoms with Gasteiger partial charge in [0.1, 0.15) is 6.17 Å². The van der Waals surface area contributed by atoms with Gasteiger partial charge < -0.3 is 4.74 Å². The summed E-state index contributed by atoms with van der Waals surface area (Å²) in [5.74, 6) is 0. The Kier molecular flexibility index (Phi) is 3.12. The number of methoxy groups -OCH3 is 1. The summed E-state index contributed by atoms with van der Waals surface area (Å²) < 4.78 is 17.4. The van der Waals surface area contributed by atoms with Gasteiger partial charge in [-0.15, -0.1) is 0 Å². The number of ether oxygens (including phenoxy) is 1. The molecule has 0 heterocycles. The van der Waals surface area contributed by atoms with Crippen LogP contribution < -0.4 is 0 Å². The molecule has 0 aromatic carbocycles. The van der Waals surface area contributed by atoms with Gasteiger partial charge in [-0.1, -0.05) is 20.8 Å². The van der Waals surface area contributed by atoms with Gasteiger partial charge in [0, 0.05) is 7.11 Å². The fourth-order valence-corrected chi connectivity index (χ4v) is 0.396. The zero-order chi connectivity index (χ0) is 7.49. The van der Waals surface area contributed by atoms with Crippen molar-refractivity contribution in [3.63, 3.8) is 0 Å². The molecule has 0 saturated carbocycles. The highest BCUT2D eigenvalue weighted by atomic mass is 19.1. The Labute approximate surface area is 56.2 Å². The van der Waals surface area contributed by atoms with E-state index in [-0.39, 0.29) is 12.0 Å². The van der Waals surface area contributed by atoms with Crippen LogP contribution in [0.3, 0.4) is 0 Å². The molecular formula is C7H15FO. The van der Waals surface area contributed by atoms with E-state index in [0.717, 1.165) is 0 Å². The van der Waals surface area contributed by atoms with E-state index >= 15 is 0 Å². The molecule has 1 nitrogen and oxygen atoms in total. The minimum Gasteiger partial charge on any atom is -0.382 e. The smallest absolute Gasteiger partial charge is 0.128 e. The standard InChI is InChI=1S/C7H15FO/c1-7(2,3)6(8)5-9-4/h6H,5H2,1-4H3. The van der Waals surface area contributed by atoms with Crippen molar-refractivity contribution in [2.24, 2.45) is 5.41 Å². The highest BCUT2D eigenvalue weighted by molar-refractivity contribution is 4.71. The van der Waals surface area contributed by atoms with E-state index in [1.807, 2.05) is 20.8 Å². The molecule has 0 bridgehead atoms. The third kappa shape index (κ3) is 3.46. The average Bonchev–Trinajstić information content (AvgIpc) is 1.64. The Bertz CT molecular complexity index is 75.5. The summed E-state index contributed by atoms with van der Waals surface area (Å²) >= 11 is 0. The van der Waals surface area contributed by atoms with Crippen molar-refractivity contribution in [1.29, 1.82) is 0 Å². The molecule has 0 aliphatic carbocycles. The molecule has 0 spiro atoms.